The molecule has 1 heterocycles. The van der Waals surface area contributed by atoms with Crippen LogP contribution in [-0.4, -0.2) is 55.0 Å². The molecule has 28 heavy (non-hydrogen) atoms. The summed E-state index contributed by atoms with van der Waals surface area (Å²) in [6, 6.07) is 13.9. The quantitative estimate of drug-likeness (QED) is 0.731. The molecular weight excluding hydrogens is 418 g/mol. The summed E-state index contributed by atoms with van der Waals surface area (Å²) in [4.78, 5) is 17.4. The highest BCUT2D eigenvalue weighted by Gasteiger charge is 2.17. The molecular formula is C22H28BrN3O2. The van der Waals surface area contributed by atoms with E-state index in [1.54, 1.807) is 6.92 Å². The Kier molecular flexibility index (Phi) is 7.10. The molecule has 5 nitrogen and oxygen atoms in total. The Morgan fingerprint density at radius 3 is 2.64 bits per heavy atom. The summed E-state index contributed by atoms with van der Waals surface area (Å²) in [6.45, 7) is 9.02. The van der Waals surface area contributed by atoms with E-state index in [9.17, 15) is 4.79 Å². The van der Waals surface area contributed by atoms with E-state index in [1.807, 2.05) is 43.3 Å². The summed E-state index contributed by atoms with van der Waals surface area (Å²) >= 11 is 3.49. The number of piperazine rings is 1. The lowest BCUT2D eigenvalue weighted by molar-refractivity contribution is -0.122. The average Bonchev–Trinajstić information content (AvgIpc) is 2.66. The van der Waals surface area contributed by atoms with Crippen molar-refractivity contribution in [3.8, 4) is 5.75 Å². The van der Waals surface area contributed by atoms with Gasteiger partial charge in [-0.15, -0.1) is 0 Å². The van der Waals surface area contributed by atoms with Crippen LogP contribution in [0.2, 0.25) is 0 Å². The van der Waals surface area contributed by atoms with E-state index in [1.165, 1.54) is 5.56 Å². The summed E-state index contributed by atoms with van der Waals surface area (Å²) in [6.07, 6.45) is -0.597. The number of anilines is 1. The molecule has 2 aromatic carbocycles. The minimum atomic E-state index is -0.597. The van der Waals surface area contributed by atoms with Crippen molar-refractivity contribution in [2.75, 3.05) is 38.5 Å². The lowest BCUT2D eigenvalue weighted by atomic mass is 10.1. The van der Waals surface area contributed by atoms with E-state index in [4.69, 9.17) is 4.74 Å². The highest BCUT2D eigenvalue weighted by atomic mass is 79.9. The van der Waals surface area contributed by atoms with Gasteiger partial charge in [-0.1, -0.05) is 18.2 Å². The number of nitrogens with zero attached hydrogens (tertiary/aromatic N) is 2. The number of aryl methyl sites for hydroxylation is 1. The first-order valence-electron chi connectivity index (χ1n) is 9.64. The van der Waals surface area contributed by atoms with E-state index in [-0.39, 0.29) is 5.91 Å². The van der Waals surface area contributed by atoms with Gasteiger partial charge >= 0.3 is 0 Å². The Bertz CT molecular complexity index is 819. The predicted octanol–water partition coefficient (Wildman–Crippen LogP) is 3.91. The standard InChI is InChI=1S/C22H28BrN3O2/c1-16-7-8-21(20(23)13-16)28-17(2)22(27)24-19-6-4-5-18(14-19)15-26-11-9-25(3)10-12-26/h4-8,13-14,17H,9-12,15H2,1-3H3,(H,24,27). The Balaban J connectivity index is 1.57. The van der Waals surface area contributed by atoms with Gasteiger partial charge < -0.3 is 15.0 Å². The zero-order chi connectivity index (χ0) is 20.1. The van der Waals surface area contributed by atoms with Crippen LogP contribution in [-0.2, 0) is 11.3 Å². The number of ether oxygens (including phenoxy) is 1. The molecule has 1 aliphatic rings. The molecule has 2 aromatic rings. The first-order valence-corrected chi connectivity index (χ1v) is 10.4. The van der Waals surface area contributed by atoms with E-state index in [2.05, 4.69) is 44.2 Å². The first-order chi connectivity index (χ1) is 13.4. The summed E-state index contributed by atoms with van der Waals surface area (Å²) in [7, 11) is 2.16. The molecule has 0 spiro atoms. The van der Waals surface area contributed by atoms with Crippen LogP contribution in [0, 0.1) is 6.92 Å². The molecule has 1 fully saturated rings. The molecule has 0 saturated carbocycles. The molecule has 150 valence electrons. The van der Waals surface area contributed by atoms with Crippen LogP contribution in [0.1, 0.15) is 18.1 Å². The Hall–Kier alpha value is -1.89. The molecule has 0 aromatic heterocycles. The largest absolute Gasteiger partial charge is 0.480 e. The van der Waals surface area contributed by atoms with Crippen molar-refractivity contribution in [3.63, 3.8) is 0 Å². The van der Waals surface area contributed by atoms with Gasteiger partial charge in [0, 0.05) is 38.4 Å². The van der Waals surface area contributed by atoms with Crippen molar-refractivity contribution in [3.05, 3.63) is 58.1 Å². The van der Waals surface area contributed by atoms with Crippen LogP contribution in [0.4, 0.5) is 5.69 Å². The van der Waals surface area contributed by atoms with Crippen molar-refractivity contribution in [2.24, 2.45) is 0 Å². The fourth-order valence-electron chi connectivity index (χ4n) is 3.20. The van der Waals surface area contributed by atoms with Gasteiger partial charge in [0.2, 0.25) is 0 Å². The molecule has 1 atom stereocenters. The molecule has 1 N–H and O–H groups in total. The SMILES string of the molecule is Cc1ccc(OC(C)C(=O)Nc2cccc(CN3CCN(C)CC3)c2)c(Br)c1. The van der Waals surface area contributed by atoms with Crippen molar-refractivity contribution < 1.29 is 9.53 Å². The van der Waals surface area contributed by atoms with Crippen LogP contribution < -0.4 is 10.1 Å². The number of rotatable bonds is 6. The second-order valence-electron chi connectivity index (χ2n) is 7.46. The van der Waals surface area contributed by atoms with Crippen LogP contribution in [0.15, 0.2) is 46.9 Å². The molecule has 0 aliphatic carbocycles. The van der Waals surface area contributed by atoms with Crippen LogP contribution in [0.25, 0.3) is 0 Å². The van der Waals surface area contributed by atoms with E-state index in [0.717, 1.165) is 48.4 Å². The minimum absolute atomic E-state index is 0.163. The monoisotopic (exact) mass is 445 g/mol. The van der Waals surface area contributed by atoms with E-state index < -0.39 is 6.10 Å². The molecule has 0 bridgehead atoms. The number of benzene rings is 2. The normalized spacial score (nSPS) is 16.6. The number of hydrogen-bond acceptors (Lipinski definition) is 4. The fraction of sp³-hybridized carbons (Fsp3) is 0.409. The maximum Gasteiger partial charge on any atom is 0.265 e. The van der Waals surface area contributed by atoms with Gasteiger partial charge in [-0.25, -0.2) is 0 Å². The second-order valence-corrected chi connectivity index (χ2v) is 8.32. The lowest BCUT2D eigenvalue weighted by Gasteiger charge is -2.32. The van der Waals surface area contributed by atoms with Gasteiger partial charge in [-0.05, 0) is 72.2 Å². The highest BCUT2D eigenvalue weighted by molar-refractivity contribution is 9.10. The molecule has 1 amide bonds. The van der Waals surface area contributed by atoms with Crippen LogP contribution in [0.5, 0.6) is 5.75 Å². The van der Waals surface area contributed by atoms with Gasteiger partial charge in [-0.3, -0.25) is 9.69 Å². The summed E-state index contributed by atoms with van der Waals surface area (Å²) in [5.41, 5.74) is 3.14. The molecule has 1 saturated heterocycles. The van der Waals surface area contributed by atoms with Gasteiger partial charge in [0.15, 0.2) is 6.10 Å². The third-order valence-electron chi connectivity index (χ3n) is 4.96. The zero-order valence-corrected chi connectivity index (χ0v) is 18.3. The molecule has 0 radical (unpaired) electrons. The number of hydrogen-bond donors (Lipinski definition) is 1. The zero-order valence-electron chi connectivity index (χ0n) is 16.7. The Morgan fingerprint density at radius 2 is 1.93 bits per heavy atom. The van der Waals surface area contributed by atoms with Crippen molar-refractivity contribution in [1.82, 2.24) is 9.80 Å². The second kappa shape index (κ2) is 9.54. The summed E-state index contributed by atoms with van der Waals surface area (Å²) in [5, 5.41) is 2.97. The van der Waals surface area contributed by atoms with Crippen molar-refractivity contribution in [2.45, 2.75) is 26.5 Å². The topological polar surface area (TPSA) is 44.8 Å². The maximum absolute atomic E-state index is 12.6. The first kappa shape index (κ1) is 20.8. The predicted molar refractivity (Wildman–Crippen MR) is 117 cm³/mol. The highest BCUT2D eigenvalue weighted by Crippen LogP contribution is 2.27. The number of likely N-dealkylation sites (N-methyl/N-ethyl adjacent to an activating group) is 1. The Labute approximate surface area is 175 Å². The summed E-state index contributed by atoms with van der Waals surface area (Å²) in [5.74, 6) is 0.501. The van der Waals surface area contributed by atoms with Crippen molar-refractivity contribution in [1.29, 1.82) is 0 Å². The van der Waals surface area contributed by atoms with Crippen LogP contribution in [0.3, 0.4) is 0 Å². The van der Waals surface area contributed by atoms with Gasteiger partial charge in [0.1, 0.15) is 5.75 Å². The minimum Gasteiger partial charge on any atom is -0.480 e. The molecule has 6 heteroatoms. The molecule has 1 aliphatic heterocycles. The number of nitrogens with one attached hydrogen (secondary N) is 1. The number of amides is 1. The molecule has 1 unspecified atom stereocenters. The van der Waals surface area contributed by atoms with Gasteiger partial charge in [0.25, 0.3) is 5.91 Å². The fourth-order valence-corrected chi connectivity index (χ4v) is 3.79. The third kappa shape index (κ3) is 5.80. The maximum atomic E-state index is 12.6. The van der Waals surface area contributed by atoms with Crippen LogP contribution >= 0.6 is 15.9 Å². The third-order valence-corrected chi connectivity index (χ3v) is 5.58. The smallest absolute Gasteiger partial charge is 0.265 e. The van der Waals surface area contributed by atoms with Gasteiger partial charge in [0.05, 0.1) is 4.47 Å². The molecule has 3 rings (SSSR count). The number of carbonyl (C=O) groups is 1. The Morgan fingerprint density at radius 1 is 1.18 bits per heavy atom. The van der Waals surface area contributed by atoms with Gasteiger partial charge in [-0.2, -0.15) is 0 Å². The average molecular weight is 446 g/mol. The van der Waals surface area contributed by atoms with Crippen molar-refractivity contribution >= 4 is 27.5 Å². The van der Waals surface area contributed by atoms with E-state index >= 15 is 0 Å². The summed E-state index contributed by atoms with van der Waals surface area (Å²) < 4.78 is 6.67. The number of halogens is 1. The lowest BCUT2D eigenvalue weighted by Crippen LogP contribution is -2.43. The van der Waals surface area contributed by atoms with E-state index in [0.29, 0.717) is 5.75 Å². The number of carbonyl (C=O) groups excluding carboxylic acids is 1.